The molecule has 2 heterocycles. The summed E-state index contributed by atoms with van der Waals surface area (Å²) in [6, 6.07) is 1.34. The van der Waals surface area contributed by atoms with Crippen molar-refractivity contribution in [3.8, 4) is 11.5 Å². The second kappa shape index (κ2) is 9.19. The molecular weight excluding hydrogens is 480 g/mol. The summed E-state index contributed by atoms with van der Waals surface area (Å²) in [4.78, 5) is 23.3. The van der Waals surface area contributed by atoms with Crippen LogP contribution in [0.3, 0.4) is 0 Å². The molecule has 2 aliphatic rings. The standard InChI is InChI=1S/C25H34N4O4SSi/c1-25(31)13-6-7-21(25)29-22-18(15-17(23(29)30)12-14-35(3,4)5)16-26-24(28-22)27-19-8-10-20(11-9-19)34(2,32)33/h10,15-16,19,21,31H,6-9,11,13H2,1-5H3,(H,26,27,28)/t19?,21-,25-/m1/s1. The smallest absolute Gasteiger partial charge is 0.268 e. The van der Waals surface area contributed by atoms with E-state index in [1.807, 2.05) is 0 Å². The van der Waals surface area contributed by atoms with E-state index in [1.165, 1.54) is 6.26 Å². The number of aliphatic hydroxyl groups is 1. The highest BCUT2D eigenvalue weighted by atomic mass is 32.2. The zero-order valence-corrected chi connectivity index (χ0v) is 22.9. The van der Waals surface area contributed by atoms with Gasteiger partial charge in [-0.3, -0.25) is 9.36 Å². The summed E-state index contributed by atoms with van der Waals surface area (Å²) in [5, 5.41) is 15.1. The van der Waals surface area contributed by atoms with Gasteiger partial charge in [-0.05, 0) is 51.5 Å². The third-order valence-electron chi connectivity index (χ3n) is 6.71. The van der Waals surface area contributed by atoms with E-state index in [1.54, 1.807) is 29.8 Å². The van der Waals surface area contributed by atoms with Gasteiger partial charge < -0.3 is 10.4 Å². The molecule has 8 nitrogen and oxygen atoms in total. The lowest BCUT2D eigenvalue weighted by Crippen LogP contribution is -2.38. The van der Waals surface area contributed by atoms with Crippen LogP contribution >= 0.6 is 0 Å². The van der Waals surface area contributed by atoms with E-state index in [0.717, 1.165) is 6.42 Å². The number of anilines is 1. The summed E-state index contributed by atoms with van der Waals surface area (Å²) in [7, 11) is -4.87. The van der Waals surface area contributed by atoms with Crippen LogP contribution in [0.25, 0.3) is 11.0 Å². The maximum atomic E-state index is 13.6. The molecule has 0 bridgehead atoms. The Morgan fingerprint density at radius 2 is 2.03 bits per heavy atom. The van der Waals surface area contributed by atoms with E-state index in [-0.39, 0.29) is 11.6 Å². The molecule has 1 unspecified atom stereocenters. The fourth-order valence-corrected chi connectivity index (χ4v) is 6.22. The number of nitrogens with one attached hydrogen (secondary N) is 1. The van der Waals surface area contributed by atoms with Crippen molar-refractivity contribution in [1.82, 2.24) is 14.5 Å². The Kier molecular flexibility index (Phi) is 6.72. The number of hydrogen-bond acceptors (Lipinski definition) is 7. The number of fused-ring (bicyclic) bond motifs is 1. The summed E-state index contributed by atoms with van der Waals surface area (Å²) in [5.41, 5.74) is 2.89. The SMILES string of the molecule is C[C@@]1(O)CCC[C@H]1n1c(=O)c(C#C[Si](C)(C)C)cc2cnc(NC3CC=C(S(C)(=O)=O)CC3)nc21. The zero-order valence-electron chi connectivity index (χ0n) is 21.1. The molecule has 4 rings (SSSR count). The van der Waals surface area contributed by atoms with Crippen LogP contribution in [0.15, 0.2) is 28.0 Å². The van der Waals surface area contributed by atoms with Crippen molar-refractivity contribution in [2.75, 3.05) is 11.6 Å². The minimum atomic E-state index is -3.17. The van der Waals surface area contributed by atoms with Crippen molar-refractivity contribution in [2.45, 2.75) is 82.8 Å². The predicted octanol–water partition coefficient (Wildman–Crippen LogP) is 3.39. The van der Waals surface area contributed by atoms with Gasteiger partial charge in [0.2, 0.25) is 5.95 Å². The highest BCUT2D eigenvalue weighted by molar-refractivity contribution is 7.94. The van der Waals surface area contributed by atoms with E-state index in [0.29, 0.717) is 59.6 Å². The fourth-order valence-electron chi connectivity index (χ4n) is 4.82. The lowest BCUT2D eigenvalue weighted by Gasteiger charge is -2.28. The molecule has 2 aromatic rings. The average Bonchev–Trinajstić information content (AvgIpc) is 3.10. The highest BCUT2D eigenvalue weighted by Gasteiger charge is 2.39. The molecule has 2 N–H and O–H groups in total. The second-order valence-corrected chi connectivity index (χ2v) is 17.8. The summed E-state index contributed by atoms with van der Waals surface area (Å²) < 4.78 is 25.2. The predicted molar refractivity (Wildman–Crippen MR) is 142 cm³/mol. The Labute approximate surface area is 207 Å². The number of allylic oxidation sites excluding steroid dienone is 1. The third-order valence-corrected chi connectivity index (χ3v) is 8.91. The minimum Gasteiger partial charge on any atom is -0.388 e. The van der Waals surface area contributed by atoms with E-state index < -0.39 is 29.6 Å². The molecule has 1 saturated carbocycles. The molecule has 0 radical (unpaired) electrons. The molecule has 2 aromatic heterocycles. The monoisotopic (exact) mass is 514 g/mol. The molecule has 2 aliphatic carbocycles. The van der Waals surface area contributed by atoms with Crippen LogP contribution in [-0.4, -0.2) is 54.0 Å². The maximum Gasteiger partial charge on any atom is 0.268 e. The first kappa shape index (κ1) is 25.6. The Hall–Kier alpha value is -2.48. The van der Waals surface area contributed by atoms with Crippen LogP contribution in [0.2, 0.25) is 19.6 Å². The lowest BCUT2D eigenvalue weighted by atomic mass is 9.99. The summed E-state index contributed by atoms with van der Waals surface area (Å²) in [6.45, 7) is 8.16. The molecule has 3 atom stereocenters. The van der Waals surface area contributed by atoms with Gasteiger partial charge in [-0.25, -0.2) is 13.4 Å². The van der Waals surface area contributed by atoms with Crippen molar-refractivity contribution in [2.24, 2.45) is 0 Å². The lowest BCUT2D eigenvalue weighted by molar-refractivity contribution is 0.0266. The van der Waals surface area contributed by atoms with Crippen molar-refractivity contribution < 1.29 is 13.5 Å². The van der Waals surface area contributed by atoms with Crippen LogP contribution in [0.4, 0.5) is 5.95 Å². The van der Waals surface area contributed by atoms with Gasteiger partial charge in [0, 0.05) is 28.8 Å². The Morgan fingerprint density at radius 1 is 1.29 bits per heavy atom. The van der Waals surface area contributed by atoms with Gasteiger partial charge in [0.15, 0.2) is 9.84 Å². The van der Waals surface area contributed by atoms with E-state index in [9.17, 15) is 18.3 Å². The fraction of sp³-hybridized carbons (Fsp3) is 0.560. The summed E-state index contributed by atoms with van der Waals surface area (Å²) >= 11 is 0. The van der Waals surface area contributed by atoms with Crippen molar-refractivity contribution >= 4 is 34.9 Å². The van der Waals surface area contributed by atoms with E-state index in [2.05, 4.69) is 41.4 Å². The van der Waals surface area contributed by atoms with Gasteiger partial charge in [0.25, 0.3) is 5.56 Å². The molecule has 188 valence electrons. The number of sulfone groups is 1. The van der Waals surface area contributed by atoms with E-state index >= 15 is 0 Å². The number of hydrogen-bond donors (Lipinski definition) is 2. The van der Waals surface area contributed by atoms with Crippen molar-refractivity contribution in [3.05, 3.63) is 39.2 Å². The zero-order chi connectivity index (χ0) is 25.6. The Morgan fingerprint density at radius 3 is 2.60 bits per heavy atom. The first-order valence-corrected chi connectivity index (χ1v) is 17.5. The van der Waals surface area contributed by atoms with Crippen molar-refractivity contribution in [1.29, 1.82) is 0 Å². The maximum absolute atomic E-state index is 13.6. The molecule has 35 heavy (non-hydrogen) atoms. The highest BCUT2D eigenvalue weighted by Crippen LogP contribution is 2.39. The number of rotatable bonds is 4. The van der Waals surface area contributed by atoms with Crippen LogP contribution in [0.1, 0.15) is 57.1 Å². The quantitative estimate of drug-likeness (QED) is 0.475. The number of aromatic nitrogens is 3. The largest absolute Gasteiger partial charge is 0.388 e. The second-order valence-electron chi connectivity index (χ2n) is 11.0. The Bertz CT molecular complexity index is 1410. The number of pyridine rings is 1. The van der Waals surface area contributed by atoms with Crippen molar-refractivity contribution in [3.63, 3.8) is 0 Å². The van der Waals surface area contributed by atoms with Crippen LogP contribution in [0, 0.1) is 11.5 Å². The molecule has 0 aromatic carbocycles. The van der Waals surface area contributed by atoms with E-state index in [4.69, 9.17) is 4.98 Å². The van der Waals surface area contributed by atoms with Gasteiger partial charge in [0.1, 0.15) is 13.7 Å². The van der Waals surface area contributed by atoms with Gasteiger partial charge in [-0.2, -0.15) is 4.98 Å². The van der Waals surface area contributed by atoms with Crippen LogP contribution in [-0.2, 0) is 9.84 Å². The van der Waals surface area contributed by atoms with Crippen LogP contribution in [0.5, 0.6) is 0 Å². The first-order valence-electron chi connectivity index (χ1n) is 12.1. The van der Waals surface area contributed by atoms with Crippen LogP contribution < -0.4 is 10.9 Å². The van der Waals surface area contributed by atoms with Gasteiger partial charge in [-0.15, -0.1) is 5.54 Å². The average molecular weight is 515 g/mol. The minimum absolute atomic E-state index is 0.00501. The topological polar surface area (TPSA) is 114 Å². The molecular formula is C25H34N4O4SSi. The van der Waals surface area contributed by atoms with Gasteiger partial charge in [0.05, 0.1) is 17.2 Å². The molecule has 0 amide bonds. The molecule has 0 aliphatic heterocycles. The number of nitrogens with zero attached hydrogens (tertiary/aromatic N) is 3. The molecule has 0 saturated heterocycles. The molecule has 1 fully saturated rings. The normalized spacial score (nSPS) is 25.1. The van der Waals surface area contributed by atoms with Gasteiger partial charge >= 0.3 is 0 Å². The molecule has 0 spiro atoms. The summed E-state index contributed by atoms with van der Waals surface area (Å²) in [6.07, 6.45) is 8.47. The Balaban J connectivity index is 1.76. The molecule has 10 heteroatoms. The summed E-state index contributed by atoms with van der Waals surface area (Å²) in [5.74, 6) is 3.48. The first-order chi connectivity index (χ1) is 16.2. The third kappa shape index (κ3) is 5.68. The van der Waals surface area contributed by atoms with Gasteiger partial charge in [-0.1, -0.05) is 31.6 Å².